The van der Waals surface area contributed by atoms with E-state index in [1.165, 1.54) is 24.2 Å². The topological polar surface area (TPSA) is 171 Å². The van der Waals surface area contributed by atoms with Gasteiger partial charge in [0.15, 0.2) is 17.4 Å². The van der Waals surface area contributed by atoms with Crippen LogP contribution in [0, 0.1) is 18.6 Å². The van der Waals surface area contributed by atoms with E-state index in [1.54, 1.807) is 17.4 Å². The van der Waals surface area contributed by atoms with Crippen LogP contribution in [0.3, 0.4) is 0 Å². The third-order valence-electron chi connectivity index (χ3n) is 8.80. The highest BCUT2D eigenvalue weighted by Gasteiger charge is 2.46. The SMILES string of the molecule is Cc1c([C@@H](NC(=O)Nc2cnc(NCCCCCNc3cccc4c3CN(C3CCC(=O)NC3=O)C4=O)nc2)C(F)(F)F)oc2c(F)cc(F)cc12. The van der Waals surface area contributed by atoms with Gasteiger partial charge in [0.1, 0.15) is 17.6 Å². The van der Waals surface area contributed by atoms with Crippen molar-refractivity contribution in [1.82, 2.24) is 25.5 Å². The average Bonchev–Trinajstić information content (AvgIpc) is 3.60. The minimum absolute atomic E-state index is 0.00109. The van der Waals surface area contributed by atoms with Gasteiger partial charge in [-0.05, 0) is 50.8 Å². The number of carbonyl (C=O) groups is 4. The highest BCUT2D eigenvalue weighted by atomic mass is 19.4. The zero-order chi connectivity index (χ0) is 37.2. The fourth-order valence-corrected chi connectivity index (χ4v) is 6.22. The predicted octanol–water partition coefficient (Wildman–Crippen LogP) is 5.69. The highest BCUT2D eigenvalue weighted by Crippen LogP contribution is 2.39. The summed E-state index contributed by atoms with van der Waals surface area (Å²) in [5.74, 6) is -3.76. The minimum Gasteiger partial charge on any atom is -0.455 e. The standard InChI is InChI=1S/C34H33F5N8O5/c1-17-21-12-18(35)13-23(36)28(21)52-27(17)29(34(37,38)39)46-33(51)44-19-14-42-32(43-15-19)41-11-4-2-3-10-40-24-7-5-6-20-22(24)16-47(31(20)50)25-8-9-26(48)45-30(25)49/h5-7,12-15,25,29,40H,2-4,8-11,16H2,1H3,(H,41,42,43)(H2,44,46,51)(H,45,48,49)/t25?,29-/m1/s1. The molecule has 18 heteroatoms. The first-order valence-electron chi connectivity index (χ1n) is 16.4. The van der Waals surface area contributed by atoms with E-state index in [-0.39, 0.29) is 53.8 Å². The van der Waals surface area contributed by atoms with Crippen LogP contribution >= 0.6 is 0 Å². The summed E-state index contributed by atoms with van der Waals surface area (Å²) in [6.45, 7) is 2.62. The smallest absolute Gasteiger partial charge is 0.416 e. The van der Waals surface area contributed by atoms with Crippen LogP contribution in [-0.2, 0) is 16.1 Å². The molecule has 0 aliphatic carbocycles. The number of halogens is 5. The number of aromatic nitrogens is 2. The van der Waals surface area contributed by atoms with Crippen LogP contribution in [0.1, 0.15) is 65.4 Å². The molecule has 0 saturated carbocycles. The number of furan rings is 1. The summed E-state index contributed by atoms with van der Waals surface area (Å²) in [6.07, 6.45) is 0.218. The van der Waals surface area contributed by atoms with Gasteiger partial charge in [0, 0.05) is 59.9 Å². The number of imide groups is 1. The monoisotopic (exact) mass is 728 g/mol. The summed E-state index contributed by atoms with van der Waals surface area (Å²) in [4.78, 5) is 59.0. The normalized spacial score (nSPS) is 16.5. The molecule has 1 fully saturated rings. The first kappa shape index (κ1) is 36.0. The molecule has 6 rings (SSSR count). The molecule has 0 radical (unpaired) electrons. The van der Waals surface area contributed by atoms with Gasteiger partial charge in [-0.1, -0.05) is 6.07 Å². The van der Waals surface area contributed by atoms with Crippen LogP contribution in [0.15, 0.2) is 47.1 Å². The maximum Gasteiger partial charge on any atom is 0.416 e. The highest BCUT2D eigenvalue weighted by molar-refractivity contribution is 6.06. The molecule has 0 spiro atoms. The summed E-state index contributed by atoms with van der Waals surface area (Å²) in [5, 5.41) is 12.5. The van der Waals surface area contributed by atoms with Crippen molar-refractivity contribution in [3.8, 4) is 0 Å². The lowest BCUT2D eigenvalue weighted by Gasteiger charge is -2.29. The second kappa shape index (κ2) is 14.8. The Bertz CT molecular complexity index is 2020. The molecule has 2 aromatic carbocycles. The number of anilines is 3. The zero-order valence-corrected chi connectivity index (χ0v) is 27.6. The van der Waals surface area contributed by atoms with Crippen molar-refractivity contribution < 1.29 is 45.5 Å². The van der Waals surface area contributed by atoms with E-state index in [0.717, 1.165) is 36.6 Å². The van der Waals surface area contributed by atoms with Crippen molar-refractivity contribution in [3.05, 3.63) is 76.8 Å². The number of nitrogens with zero attached hydrogens (tertiary/aromatic N) is 3. The van der Waals surface area contributed by atoms with Crippen molar-refractivity contribution in [1.29, 1.82) is 0 Å². The van der Waals surface area contributed by atoms with Gasteiger partial charge in [0.2, 0.25) is 17.8 Å². The van der Waals surface area contributed by atoms with Crippen LogP contribution < -0.4 is 26.6 Å². The number of hydrogen-bond acceptors (Lipinski definition) is 9. The number of fused-ring (bicyclic) bond motifs is 2. The molecule has 1 unspecified atom stereocenters. The van der Waals surface area contributed by atoms with Gasteiger partial charge >= 0.3 is 12.2 Å². The van der Waals surface area contributed by atoms with Gasteiger partial charge < -0.3 is 30.6 Å². The lowest BCUT2D eigenvalue weighted by atomic mass is 10.0. The number of carbonyl (C=O) groups excluding carboxylic acids is 4. The molecule has 5 amide bonds. The van der Waals surface area contributed by atoms with Crippen molar-refractivity contribution in [2.75, 3.05) is 29.0 Å². The Labute approximate surface area is 292 Å². The number of aryl methyl sites for hydroxylation is 1. The molecular formula is C34H33F5N8O5. The summed E-state index contributed by atoms with van der Waals surface area (Å²) < 4.78 is 74.8. The molecule has 2 aliphatic heterocycles. The molecule has 0 bridgehead atoms. The second-order valence-corrected chi connectivity index (χ2v) is 12.4. The van der Waals surface area contributed by atoms with E-state index in [0.29, 0.717) is 24.7 Å². The Morgan fingerprint density at radius 1 is 1.06 bits per heavy atom. The molecule has 2 aliphatic rings. The van der Waals surface area contributed by atoms with Crippen molar-refractivity contribution in [2.45, 2.75) is 63.8 Å². The maximum absolute atomic E-state index is 14.1. The van der Waals surface area contributed by atoms with Gasteiger partial charge in [0.25, 0.3) is 5.91 Å². The summed E-state index contributed by atoms with van der Waals surface area (Å²) in [6, 6.07) is 2.11. The third-order valence-corrected chi connectivity index (χ3v) is 8.80. The van der Waals surface area contributed by atoms with Crippen LogP contribution in [0.2, 0.25) is 0 Å². The van der Waals surface area contributed by atoms with E-state index in [9.17, 15) is 41.1 Å². The van der Waals surface area contributed by atoms with Gasteiger partial charge in [-0.25, -0.2) is 23.5 Å². The number of alkyl halides is 3. The fourth-order valence-electron chi connectivity index (χ4n) is 6.22. The summed E-state index contributed by atoms with van der Waals surface area (Å²) >= 11 is 0. The molecule has 5 N–H and O–H groups in total. The molecule has 4 aromatic rings. The summed E-state index contributed by atoms with van der Waals surface area (Å²) in [5.41, 5.74) is 1.40. The number of unbranched alkanes of at least 4 members (excludes halogenated alkanes) is 2. The van der Waals surface area contributed by atoms with E-state index in [1.807, 2.05) is 6.07 Å². The van der Waals surface area contributed by atoms with Crippen LogP contribution in [0.4, 0.5) is 44.1 Å². The average molecular weight is 729 g/mol. The molecular weight excluding hydrogens is 695 g/mol. The maximum atomic E-state index is 14.1. The summed E-state index contributed by atoms with van der Waals surface area (Å²) in [7, 11) is 0. The third kappa shape index (κ3) is 7.74. The number of amides is 5. The number of nitrogens with one attached hydrogen (secondary N) is 5. The molecule has 4 heterocycles. The van der Waals surface area contributed by atoms with Crippen molar-refractivity contribution in [3.63, 3.8) is 0 Å². The number of urea groups is 1. The molecule has 13 nitrogen and oxygen atoms in total. The van der Waals surface area contributed by atoms with Crippen LogP contribution in [0.5, 0.6) is 0 Å². The number of benzene rings is 2. The van der Waals surface area contributed by atoms with Crippen molar-refractivity contribution >= 4 is 52.0 Å². The Hall–Kier alpha value is -5.81. The second-order valence-electron chi connectivity index (χ2n) is 12.4. The molecule has 2 atom stereocenters. The van der Waals surface area contributed by atoms with Crippen LogP contribution in [0.25, 0.3) is 11.0 Å². The zero-order valence-electron chi connectivity index (χ0n) is 27.6. The molecule has 1 saturated heterocycles. The number of piperidine rings is 1. The Balaban J connectivity index is 0.935. The van der Waals surface area contributed by atoms with E-state index in [4.69, 9.17) is 4.42 Å². The molecule has 2 aromatic heterocycles. The fraction of sp³-hybridized carbons (Fsp3) is 0.353. The van der Waals surface area contributed by atoms with Gasteiger partial charge in [-0.2, -0.15) is 13.2 Å². The Kier molecular flexibility index (Phi) is 10.3. The predicted molar refractivity (Wildman–Crippen MR) is 177 cm³/mol. The lowest BCUT2D eigenvalue weighted by molar-refractivity contribution is -0.158. The Morgan fingerprint density at radius 2 is 1.79 bits per heavy atom. The van der Waals surface area contributed by atoms with Gasteiger partial charge in [0.05, 0.1) is 18.1 Å². The van der Waals surface area contributed by atoms with Gasteiger partial charge in [-0.15, -0.1) is 0 Å². The molecule has 274 valence electrons. The van der Waals surface area contributed by atoms with Crippen LogP contribution in [-0.4, -0.2) is 63.9 Å². The lowest BCUT2D eigenvalue weighted by Crippen LogP contribution is -2.52. The molecule has 52 heavy (non-hydrogen) atoms. The quantitative estimate of drug-likeness (QED) is 0.0699. The van der Waals surface area contributed by atoms with E-state index in [2.05, 4.69) is 31.2 Å². The first-order chi connectivity index (χ1) is 24.8. The Morgan fingerprint density at radius 3 is 2.50 bits per heavy atom. The minimum atomic E-state index is -5.03. The van der Waals surface area contributed by atoms with Crippen molar-refractivity contribution in [2.24, 2.45) is 0 Å². The largest absolute Gasteiger partial charge is 0.455 e. The first-order valence-corrected chi connectivity index (χ1v) is 16.4. The van der Waals surface area contributed by atoms with Gasteiger partial charge in [-0.3, -0.25) is 19.7 Å². The van der Waals surface area contributed by atoms with E-state index < -0.39 is 53.2 Å². The van der Waals surface area contributed by atoms with E-state index >= 15 is 0 Å². The number of rotatable bonds is 12. The number of hydrogen-bond donors (Lipinski definition) is 5.